The van der Waals surface area contributed by atoms with Crippen molar-refractivity contribution in [3.63, 3.8) is 0 Å². The smallest absolute Gasteiger partial charge is 0.295 e. The largest absolute Gasteiger partial charge is 0.439 e. The second-order valence-electron chi connectivity index (χ2n) is 12.7. The molecule has 0 aliphatic carbocycles. The molecule has 288 valence electrons. The number of benzene rings is 6. The highest BCUT2D eigenvalue weighted by Crippen LogP contribution is 2.31. The molecule has 0 atom stereocenters. The molecule has 0 spiro atoms. The number of ether oxygens (including phenoxy) is 2. The summed E-state index contributed by atoms with van der Waals surface area (Å²) < 4.78 is 82.3. The number of aromatic nitrogens is 4. The van der Waals surface area contributed by atoms with Crippen LogP contribution in [-0.4, -0.2) is 45.9 Å². The van der Waals surface area contributed by atoms with Crippen LogP contribution in [0.25, 0.3) is 33.7 Å². The van der Waals surface area contributed by atoms with Crippen molar-refractivity contribution >= 4 is 76.9 Å². The average Bonchev–Trinajstić information content (AvgIpc) is 3.20. The molecule has 16 heteroatoms. The molecule has 0 aliphatic rings. The first-order chi connectivity index (χ1) is 27.9. The van der Waals surface area contributed by atoms with Gasteiger partial charge in [0.1, 0.15) is 45.6 Å². The standard InChI is InChI=1S/C42H30N6O8S2/c49-57(50,51)37-21-33(47-39-23-41(45-25-43-39)55-35-17-13-27-5-1-3-7-31(27)19-35)15-11-29(37)9-10-30-12-16-34(22-38(30)58(52,53)54)48-40-24-42(46-26-44-40)56-36-18-14-28-6-2-4-8-32(28)20-36/h1-26H,(H,43,45,47)(H,44,46,48)(H,49,50,51)(H,52,53,54). The molecule has 2 heterocycles. The molecule has 14 nitrogen and oxygen atoms in total. The van der Waals surface area contributed by atoms with Gasteiger partial charge in [0.15, 0.2) is 0 Å². The Morgan fingerprint density at radius 2 is 0.879 bits per heavy atom. The van der Waals surface area contributed by atoms with Crippen molar-refractivity contribution in [2.24, 2.45) is 0 Å². The molecule has 58 heavy (non-hydrogen) atoms. The van der Waals surface area contributed by atoms with Crippen LogP contribution in [0.2, 0.25) is 0 Å². The predicted octanol–water partition coefficient (Wildman–Crippen LogP) is 9.31. The third-order valence-corrected chi connectivity index (χ3v) is 10.6. The highest BCUT2D eigenvalue weighted by atomic mass is 32.2. The van der Waals surface area contributed by atoms with E-state index in [0.717, 1.165) is 21.5 Å². The second kappa shape index (κ2) is 15.7. The van der Waals surface area contributed by atoms with E-state index in [0.29, 0.717) is 11.5 Å². The molecule has 6 aromatic carbocycles. The Labute approximate surface area is 332 Å². The summed E-state index contributed by atoms with van der Waals surface area (Å²) in [5.41, 5.74) is 0.563. The molecule has 0 amide bonds. The fourth-order valence-electron chi connectivity index (χ4n) is 6.05. The lowest BCUT2D eigenvalue weighted by Crippen LogP contribution is -2.04. The number of nitrogens with zero attached hydrogens (tertiary/aromatic N) is 4. The summed E-state index contributed by atoms with van der Waals surface area (Å²) in [4.78, 5) is 15.7. The summed E-state index contributed by atoms with van der Waals surface area (Å²) in [6.07, 6.45) is 5.15. The maximum absolute atomic E-state index is 12.5. The number of anilines is 4. The van der Waals surface area contributed by atoms with Crippen molar-refractivity contribution in [1.82, 2.24) is 19.9 Å². The van der Waals surface area contributed by atoms with Gasteiger partial charge in [0.25, 0.3) is 20.2 Å². The summed E-state index contributed by atoms with van der Waals surface area (Å²) in [6.45, 7) is 0. The predicted molar refractivity (Wildman–Crippen MR) is 220 cm³/mol. The van der Waals surface area contributed by atoms with Crippen LogP contribution >= 0.6 is 0 Å². The summed E-state index contributed by atoms with van der Waals surface area (Å²) in [7, 11) is -9.56. The fraction of sp³-hybridized carbons (Fsp3) is 0. The molecule has 0 unspecified atom stereocenters. The van der Waals surface area contributed by atoms with Crippen LogP contribution in [0, 0.1) is 0 Å². The zero-order valence-electron chi connectivity index (χ0n) is 30.0. The molecule has 0 saturated carbocycles. The molecule has 0 aliphatic heterocycles. The summed E-state index contributed by atoms with van der Waals surface area (Å²) in [6, 6.07) is 38.2. The third kappa shape index (κ3) is 8.90. The van der Waals surface area contributed by atoms with Crippen molar-refractivity contribution in [3.8, 4) is 23.3 Å². The van der Waals surface area contributed by atoms with Crippen molar-refractivity contribution in [2.75, 3.05) is 10.6 Å². The van der Waals surface area contributed by atoms with Gasteiger partial charge in [-0.2, -0.15) is 16.8 Å². The van der Waals surface area contributed by atoms with E-state index in [1.165, 1.54) is 73.3 Å². The van der Waals surface area contributed by atoms with Crippen LogP contribution in [0.1, 0.15) is 11.1 Å². The molecule has 2 aromatic heterocycles. The number of fused-ring (bicyclic) bond motifs is 2. The van der Waals surface area contributed by atoms with Gasteiger partial charge in [0.05, 0.1) is 0 Å². The van der Waals surface area contributed by atoms with Crippen LogP contribution in [0.5, 0.6) is 23.3 Å². The second-order valence-corrected chi connectivity index (χ2v) is 15.5. The maximum atomic E-state index is 12.5. The van der Waals surface area contributed by atoms with Crippen molar-refractivity contribution < 1.29 is 35.4 Å². The Hall–Kier alpha value is -7.24. The number of rotatable bonds is 12. The van der Waals surface area contributed by atoms with Crippen LogP contribution in [0.15, 0.2) is 156 Å². The Morgan fingerprint density at radius 1 is 0.466 bits per heavy atom. The van der Waals surface area contributed by atoms with Gasteiger partial charge >= 0.3 is 0 Å². The van der Waals surface area contributed by atoms with Crippen LogP contribution in [0.4, 0.5) is 23.0 Å². The lowest BCUT2D eigenvalue weighted by Gasteiger charge is -2.12. The number of hydrogen-bond acceptors (Lipinski definition) is 12. The normalized spacial score (nSPS) is 11.8. The topological polar surface area (TPSA) is 203 Å². The summed E-state index contributed by atoms with van der Waals surface area (Å²) in [5, 5.41) is 10.0. The Balaban J connectivity index is 0.997. The summed E-state index contributed by atoms with van der Waals surface area (Å²) >= 11 is 0. The monoisotopic (exact) mass is 810 g/mol. The Kier molecular flexibility index (Phi) is 10.2. The van der Waals surface area contributed by atoms with Gasteiger partial charge in [-0.3, -0.25) is 9.11 Å². The zero-order chi connectivity index (χ0) is 40.3. The molecule has 0 saturated heterocycles. The Bertz CT molecular complexity index is 2900. The van der Waals surface area contributed by atoms with E-state index in [1.54, 1.807) is 0 Å². The molecular weight excluding hydrogens is 781 g/mol. The first-order valence-electron chi connectivity index (χ1n) is 17.4. The fourth-order valence-corrected chi connectivity index (χ4v) is 7.47. The van der Waals surface area contributed by atoms with E-state index in [1.807, 2.05) is 84.9 Å². The number of hydrogen-bond donors (Lipinski definition) is 4. The lowest BCUT2D eigenvalue weighted by atomic mass is 10.1. The highest BCUT2D eigenvalue weighted by Gasteiger charge is 2.18. The van der Waals surface area contributed by atoms with Crippen molar-refractivity contribution in [2.45, 2.75) is 9.79 Å². The van der Waals surface area contributed by atoms with Crippen LogP contribution in [0.3, 0.4) is 0 Å². The highest BCUT2D eigenvalue weighted by molar-refractivity contribution is 7.86. The average molecular weight is 811 g/mol. The third-order valence-electron chi connectivity index (χ3n) is 8.74. The minimum Gasteiger partial charge on any atom is -0.439 e. The van der Waals surface area contributed by atoms with Gasteiger partial charge in [-0.15, -0.1) is 0 Å². The van der Waals surface area contributed by atoms with Crippen molar-refractivity contribution in [3.05, 3.63) is 157 Å². The van der Waals surface area contributed by atoms with Gasteiger partial charge in [-0.25, -0.2) is 19.9 Å². The van der Waals surface area contributed by atoms with Gasteiger partial charge in [-0.1, -0.05) is 84.9 Å². The molecule has 0 radical (unpaired) electrons. The maximum Gasteiger partial charge on any atom is 0.295 e. The molecule has 4 N–H and O–H groups in total. The van der Waals surface area contributed by atoms with Gasteiger partial charge in [0, 0.05) is 23.5 Å². The zero-order valence-corrected chi connectivity index (χ0v) is 31.6. The molecule has 0 bridgehead atoms. The van der Waals surface area contributed by atoms with Crippen LogP contribution in [-0.2, 0) is 20.2 Å². The Morgan fingerprint density at radius 3 is 1.29 bits per heavy atom. The minimum absolute atomic E-state index is 0.0273. The number of nitrogens with one attached hydrogen (secondary N) is 2. The van der Waals surface area contributed by atoms with E-state index in [-0.39, 0.29) is 45.9 Å². The van der Waals surface area contributed by atoms with E-state index < -0.39 is 30.0 Å². The van der Waals surface area contributed by atoms with Crippen molar-refractivity contribution in [1.29, 1.82) is 0 Å². The van der Waals surface area contributed by atoms with Crippen LogP contribution < -0.4 is 20.1 Å². The molecule has 8 aromatic rings. The van der Waals surface area contributed by atoms with E-state index in [9.17, 15) is 25.9 Å². The van der Waals surface area contributed by atoms with E-state index in [2.05, 4.69) is 30.6 Å². The summed E-state index contributed by atoms with van der Waals surface area (Å²) in [5.74, 6) is 2.12. The molecule has 8 rings (SSSR count). The molecular formula is C42H30N6O8S2. The van der Waals surface area contributed by atoms with Gasteiger partial charge < -0.3 is 20.1 Å². The first-order valence-corrected chi connectivity index (χ1v) is 20.2. The molecule has 0 fully saturated rings. The van der Waals surface area contributed by atoms with E-state index >= 15 is 0 Å². The first kappa shape index (κ1) is 37.7. The van der Waals surface area contributed by atoms with Gasteiger partial charge in [-0.05, 0) is 81.2 Å². The van der Waals surface area contributed by atoms with Gasteiger partial charge in [0.2, 0.25) is 11.8 Å². The minimum atomic E-state index is -4.78. The SMILES string of the molecule is O=S(=O)(O)c1cc(Nc2cc(Oc3ccc4ccccc4c3)ncn2)ccc1C=Cc1ccc(Nc2cc(Oc3ccc4ccccc4c3)ncn2)cc1S(=O)(=O)O. The van der Waals surface area contributed by atoms with E-state index in [4.69, 9.17) is 9.47 Å². The quantitative estimate of drug-likeness (QED) is 0.0671. The lowest BCUT2D eigenvalue weighted by molar-refractivity contribution is 0.462.